The molecule has 0 bridgehead atoms. The third kappa shape index (κ3) is 3.90. The molecule has 3 heteroatoms. The van der Waals surface area contributed by atoms with Gasteiger partial charge in [0.05, 0.1) is 6.61 Å². The third-order valence-electron chi connectivity index (χ3n) is 2.21. The largest absolute Gasteiger partial charge is 0.492 e. The summed E-state index contributed by atoms with van der Waals surface area (Å²) in [5.74, 6) is 0.918. The van der Waals surface area contributed by atoms with Crippen LogP contribution in [0.3, 0.4) is 0 Å². The highest BCUT2D eigenvalue weighted by Crippen LogP contribution is 2.19. The SMILES string of the molecule is COCCc1ccc(OCCN)c(C)c1. The highest BCUT2D eigenvalue weighted by molar-refractivity contribution is 5.36. The Balaban J connectivity index is 2.61. The van der Waals surface area contributed by atoms with E-state index in [2.05, 4.69) is 12.1 Å². The molecule has 0 saturated carbocycles. The van der Waals surface area contributed by atoms with Gasteiger partial charge in [-0.25, -0.2) is 0 Å². The zero-order valence-corrected chi connectivity index (χ0v) is 9.45. The maximum Gasteiger partial charge on any atom is 0.122 e. The lowest BCUT2D eigenvalue weighted by Crippen LogP contribution is -2.11. The van der Waals surface area contributed by atoms with E-state index < -0.39 is 0 Å². The van der Waals surface area contributed by atoms with E-state index in [1.807, 2.05) is 13.0 Å². The summed E-state index contributed by atoms with van der Waals surface area (Å²) in [6.45, 7) is 3.91. The van der Waals surface area contributed by atoms with E-state index in [-0.39, 0.29) is 0 Å². The molecule has 84 valence electrons. The van der Waals surface area contributed by atoms with Crippen molar-refractivity contribution in [1.82, 2.24) is 0 Å². The summed E-state index contributed by atoms with van der Waals surface area (Å²) in [6, 6.07) is 6.19. The van der Waals surface area contributed by atoms with Crippen LogP contribution in [0, 0.1) is 6.92 Å². The molecule has 0 aliphatic carbocycles. The van der Waals surface area contributed by atoms with Gasteiger partial charge in [-0.1, -0.05) is 12.1 Å². The monoisotopic (exact) mass is 209 g/mol. The second-order valence-corrected chi connectivity index (χ2v) is 3.48. The van der Waals surface area contributed by atoms with Crippen LogP contribution in [0.15, 0.2) is 18.2 Å². The zero-order valence-electron chi connectivity index (χ0n) is 9.45. The lowest BCUT2D eigenvalue weighted by molar-refractivity contribution is 0.202. The standard InChI is InChI=1S/C12H19NO2/c1-10-9-11(5-7-14-2)3-4-12(10)15-8-6-13/h3-4,9H,5-8,13H2,1-2H3. The molecule has 0 aliphatic rings. The Labute approximate surface area is 91.2 Å². The van der Waals surface area contributed by atoms with Crippen LogP contribution in [-0.2, 0) is 11.2 Å². The van der Waals surface area contributed by atoms with Crippen LogP contribution in [0.25, 0.3) is 0 Å². The maximum atomic E-state index is 5.49. The molecule has 1 rings (SSSR count). The summed E-state index contributed by atoms with van der Waals surface area (Å²) in [5.41, 5.74) is 7.80. The predicted octanol–water partition coefficient (Wildman–Crippen LogP) is 1.52. The van der Waals surface area contributed by atoms with Gasteiger partial charge in [-0.05, 0) is 30.5 Å². The van der Waals surface area contributed by atoms with Crippen LogP contribution in [0.1, 0.15) is 11.1 Å². The van der Waals surface area contributed by atoms with Crippen molar-refractivity contribution in [1.29, 1.82) is 0 Å². The summed E-state index contributed by atoms with van der Waals surface area (Å²) >= 11 is 0. The Bertz CT molecular complexity index is 300. The first-order chi connectivity index (χ1) is 7.27. The van der Waals surface area contributed by atoms with E-state index in [1.165, 1.54) is 5.56 Å². The molecular weight excluding hydrogens is 190 g/mol. The summed E-state index contributed by atoms with van der Waals surface area (Å²) < 4.78 is 10.5. The van der Waals surface area contributed by atoms with Crippen molar-refractivity contribution < 1.29 is 9.47 Å². The summed E-state index contributed by atoms with van der Waals surface area (Å²) in [6.07, 6.45) is 0.939. The van der Waals surface area contributed by atoms with Crippen molar-refractivity contribution in [3.63, 3.8) is 0 Å². The minimum absolute atomic E-state index is 0.546. The van der Waals surface area contributed by atoms with Crippen LogP contribution >= 0.6 is 0 Å². The first-order valence-corrected chi connectivity index (χ1v) is 5.19. The number of methoxy groups -OCH3 is 1. The highest BCUT2D eigenvalue weighted by Gasteiger charge is 2.00. The van der Waals surface area contributed by atoms with Gasteiger partial charge in [-0.2, -0.15) is 0 Å². The van der Waals surface area contributed by atoms with Crippen LogP contribution in [-0.4, -0.2) is 26.9 Å². The fourth-order valence-corrected chi connectivity index (χ4v) is 1.42. The van der Waals surface area contributed by atoms with Gasteiger partial charge in [0.25, 0.3) is 0 Å². The Morgan fingerprint density at radius 3 is 2.67 bits per heavy atom. The zero-order chi connectivity index (χ0) is 11.1. The average Bonchev–Trinajstić information content (AvgIpc) is 2.25. The van der Waals surface area contributed by atoms with Crippen molar-refractivity contribution >= 4 is 0 Å². The van der Waals surface area contributed by atoms with Crippen molar-refractivity contribution in [2.75, 3.05) is 26.9 Å². The van der Waals surface area contributed by atoms with E-state index in [9.17, 15) is 0 Å². The first-order valence-electron chi connectivity index (χ1n) is 5.19. The molecule has 15 heavy (non-hydrogen) atoms. The fraction of sp³-hybridized carbons (Fsp3) is 0.500. The number of nitrogens with two attached hydrogens (primary N) is 1. The summed E-state index contributed by atoms with van der Waals surface area (Å²) in [4.78, 5) is 0. The molecule has 0 aromatic heterocycles. The van der Waals surface area contributed by atoms with Crippen molar-refractivity contribution in [2.24, 2.45) is 5.73 Å². The van der Waals surface area contributed by atoms with Crippen LogP contribution in [0.4, 0.5) is 0 Å². The number of benzene rings is 1. The van der Waals surface area contributed by atoms with Gasteiger partial charge in [-0.3, -0.25) is 0 Å². The van der Waals surface area contributed by atoms with Gasteiger partial charge in [0.1, 0.15) is 12.4 Å². The minimum atomic E-state index is 0.546. The van der Waals surface area contributed by atoms with Gasteiger partial charge in [0, 0.05) is 13.7 Å². The first kappa shape index (κ1) is 12.0. The van der Waals surface area contributed by atoms with Gasteiger partial charge < -0.3 is 15.2 Å². The van der Waals surface area contributed by atoms with Crippen molar-refractivity contribution in [2.45, 2.75) is 13.3 Å². The molecule has 0 unspecified atom stereocenters. The van der Waals surface area contributed by atoms with Crippen LogP contribution in [0.2, 0.25) is 0 Å². The van der Waals surface area contributed by atoms with Crippen molar-refractivity contribution in [3.05, 3.63) is 29.3 Å². The normalized spacial score (nSPS) is 10.3. The molecule has 0 fully saturated rings. The lowest BCUT2D eigenvalue weighted by Gasteiger charge is -2.09. The molecule has 2 N–H and O–H groups in total. The smallest absolute Gasteiger partial charge is 0.122 e. The van der Waals surface area contributed by atoms with Gasteiger partial charge >= 0.3 is 0 Å². The second-order valence-electron chi connectivity index (χ2n) is 3.48. The molecular formula is C12H19NO2. The van der Waals surface area contributed by atoms with E-state index in [0.29, 0.717) is 13.2 Å². The maximum absolute atomic E-state index is 5.49. The fourth-order valence-electron chi connectivity index (χ4n) is 1.42. The Kier molecular flexibility index (Phi) is 5.15. The number of ether oxygens (including phenoxy) is 2. The molecule has 0 aliphatic heterocycles. The van der Waals surface area contributed by atoms with Gasteiger partial charge in [-0.15, -0.1) is 0 Å². The van der Waals surface area contributed by atoms with Crippen LogP contribution in [0.5, 0.6) is 5.75 Å². The molecule has 1 aromatic carbocycles. The summed E-state index contributed by atoms with van der Waals surface area (Å²) in [5, 5.41) is 0. The molecule has 0 saturated heterocycles. The number of hydrogen-bond donors (Lipinski definition) is 1. The van der Waals surface area contributed by atoms with E-state index >= 15 is 0 Å². The number of rotatable bonds is 6. The minimum Gasteiger partial charge on any atom is -0.492 e. The lowest BCUT2D eigenvalue weighted by atomic mass is 10.1. The number of hydrogen-bond acceptors (Lipinski definition) is 3. The van der Waals surface area contributed by atoms with Gasteiger partial charge in [0.2, 0.25) is 0 Å². The molecule has 0 spiro atoms. The van der Waals surface area contributed by atoms with Gasteiger partial charge in [0.15, 0.2) is 0 Å². The Hall–Kier alpha value is -1.06. The molecule has 0 heterocycles. The Morgan fingerprint density at radius 2 is 2.07 bits per heavy atom. The molecule has 0 radical (unpaired) electrons. The molecule has 0 amide bonds. The predicted molar refractivity (Wildman–Crippen MR) is 61.3 cm³/mol. The topological polar surface area (TPSA) is 44.5 Å². The quantitative estimate of drug-likeness (QED) is 0.772. The van der Waals surface area contributed by atoms with Crippen LogP contribution < -0.4 is 10.5 Å². The Morgan fingerprint density at radius 1 is 1.27 bits per heavy atom. The third-order valence-corrected chi connectivity index (χ3v) is 2.21. The van der Waals surface area contributed by atoms with Crippen molar-refractivity contribution in [3.8, 4) is 5.75 Å². The van der Waals surface area contributed by atoms with E-state index in [0.717, 1.165) is 24.3 Å². The molecule has 0 atom stereocenters. The van der Waals surface area contributed by atoms with E-state index in [4.69, 9.17) is 15.2 Å². The average molecular weight is 209 g/mol. The molecule has 3 nitrogen and oxygen atoms in total. The number of aryl methyl sites for hydroxylation is 1. The molecule has 1 aromatic rings. The highest BCUT2D eigenvalue weighted by atomic mass is 16.5. The second kappa shape index (κ2) is 6.43. The van der Waals surface area contributed by atoms with E-state index in [1.54, 1.807) is 7.11 Å². The summed E-state index contributed by atoms with van der Waals surface area (Å²) in [7, 11) is 1.71.